The molecule has 0 saturated carbocycles. The maximum absolute atomic E-state index is 3.49. The number of hydrogen-bond donors (Lipinski definition) is 1. The molecule has 0 aliphatic heterocycles. The molecule has 1 aromatic heterocycles. The highest BCUT2D eigenvalue weighted by molar-refractivity contribution is 9.10. The molecule has 0 aliphatic carbocycles. The molecule has 0 radical (unpaired) electrons. The van der Waals surface area contributed by atoms with Crippen molar-refractivity contribution < 1.29 is 0 Å². The molecule has 1 N–H and O–H groups in total. The van der Waals surface area contributed by atoms with Gasteiger partial charge in [0.15, 0.2) is 0 Å². The Hall–Kier alpha value is -1.02. The SMILES string of the molecule is Cc1ccc(-c2[nH]ccc2Br)cc1. The van der Waals surface area contributed by atoms with Crippen LogP contribution in [0.1, 0.15) is 5.56 Å². The van der Waals surface area contributed by atoms with Crippen LogP contribution in [0.25, 0.3) is 11.3 Å². The Bertz CT molecular complexity index is 400. The fourth-order valence-electron chi connectivity index (χ4n) is 1.29. The van der Waals surface area contributed by atoms with Gasteiger partial charge in [0, 0.05) is 10.7 Å². The molecule has 2 aromatic rings. The Labute approximate surface area is 85.9 Å². The van der Waals surface area contributed by atoms with Crippen LogP contribution in [-0.2, 0) is 0 Å². The summed E-state index contributed by atoms with van der Waals surface area (Å²) in [5.74, 6) is 0. The summed E-state index contributed by atoms with van der Waals surface area (Å²) in [5, 5.41) is 0. The van der Waals surface area contributed by atoms with Crippen LogP contribution in [0.3, 0.4) is 0 Å². The van der Waals surface area contributed by atoms with Gasteiger partial charge in [0.1, 0.15) is 0 Å². The van der Waals surface area contributed by atoms with E-state index < -0.39 is 0 Å². The zero-order valence-electron chi connectivity index (χ0n) is 7.34. The number of rotatable bonds is 1. The molecule has 66 valence electrons. The van der Waals surface area contributed by atoms with Crippen molar-refractivity contribution in [3.05, 3.63) is 46.6 Å². The predicted octanol–water partition coefficient (Wildman–Crippen LogP) is 3.75. The van der Waals surface area contributed by atoms with E-state index in [0.717, 1.165) is 10.2 Å². The van der Waals surface area contributed by atoms with E-state index in [1.165, 1.54) is 11.1 Å². The largest absolute Gasteiger partial charge is 0.360 e. The molecule has 2 rings (SSSR count). The topological polar surface area (TPSA) is 15.8 Å². The van der Waals surface area contributed by atoms with Gasteiger partial charge in [-0.1, -0.05) is 29.8 Å². The minimum atomic E-state index is 1.11. The van der Waals surface area contributed by atoms with Crippen LogP contribution in [-0.4, -0.2) is 4.98 Å². The Kier molecular flexibility index (Phi) is 2.23. The van der Waals surface area contributed by atoms with E-state index in [9.17, 15) is 0 Å². The second-order valence-corrected chi connectivity index (χ2v) is 3.92. The molecule has 2 heteroatoms. The predicted molar refractivity (Wildman–Crippen MR) is 58.7 cm³/mol. The van der Waals surface area contributed by atoms with Gasteiger partial charge in [-0.3, -0.25) is 0 Å². The Morgan fingerprint density at radius 2 is 1.77 bits per heavy atom. The third kappa shape index (κ3) is 1.68. The molecule has 0 spiro atoms. The zero-order valence-corrected chi connectivity index (χ0v) is 8.93. The number of aromatic amines is 1. The second kappa shape index (κ2) is 3.38. The molecule has 1 aromatic carbocycles. The smallest absolute Gasteiger partial charge is 0.0598 e. The quantitative estimate of drug-likeness (QED) is 0.776. The van der Waals surface area contributed by atoms with E-state index in [2.05, 4.69) is 52.1 Å². The summed E-state index contributed by atoms with van der Waals surface area (Å²) in [6.45, 7) is 2.09. The maximum atomic E-state index is 3.49. The lowest BCUT2D eigenvalue weighted by Crippen LogP contribution is -1.78. The van der Waals surface area contributed by atoms with Crippen molar-refractivity contribution in [2.45, 2.75) is 6.92 Å². The van der Waals surface area contributed by atoms with Crippen LogP contribution in [0, 0.1) is 6.92 Å². The number of halogens is 1. The van der Waals surface area contributed by atoms with Gasteiger partial charge in [-0.15, -0.1) is 0 Å². The van der Waals surface area contributed by atoms with Crippen molar-refractivity contribution in [2.75, 3.05) is 0 Å². The maximum Gasteiger partial charge on any atom is 0.0598 e. The van der Waals surface area contributed by atoms with Gasteiger partial charge in [0.25, 0.3) is 0 Å². The van der Waals surface area contributed by atoms with Crippen LogP contribution >= 0.6 is 15.9 Å². The molecule has 1 heterocycles. The van der Waals surface area contributed by atoms with Crippen LogP contribution in [0.5, 0.6) is 0 Å². The van der Waals surface area contributed by atoms with Gasteiger partial charge in [0.05, 0.1) is 5.69 Å². The first-order valence-corrected chi connectivity index (χ1v) is 4.96. The molecule has 0 unspecified atom stereocenters. The van der Waals surface area contributed by atoms with Gasteiger partial charge < -0.3 is 4.98 Å². The van der Waals surface area contributed by atoms with Gasteiger partial charge in [0.2, 0.25) is 0 Å². The number of benzene rings is 1. The minimum Gasteiger partial charge on any atom is -0.360 e. The van der Waals surface area contributed by atoms with Crippen molar-refractivity contribution >= 4 is 15.9 Å². The summed E-state index contributed by atoms with van der Waals surface area (Å²) in [4.78, 5) is 3.19. The summed E-state index contributed by atoms with van der Waals surface area (Å²) >= 11 is 3.49. The van der Waals surface area contributed by atoms with Crippen molar-refractivity contribution in [2.24, 2.45) is 0 Å². The first-order chi connectivity index (χ1) is 6.27. The van der Waals surface area contributed by atoms with Crippen LogP contribution in [0.15, 0.2) is 41.0 Å². The third-order valence-corrected chi connectivity index (χ3v) is 2.70. The Morgan fingerprint density at radius 3 is 2.31 bits per heavy atom. The lowest BCUT2D eigenvalue weighted by Gasteiger charge is -1.99. The highest BCUT2D eigenvalue weighted by atomic mass is 79.9. The van der Waals surface area contributed by atoms with E-state index in [0.29, 0.717) is 0 Å². The van der Waals surface area contributed by atoms with Crippen molar-refractivity contribution in [1.29, 1.82) is 0 Å². The molecule has 1 nitrogen and oxygen atoms in total. The molecule has 0 saturated heterocycles. The van der Waals surface area contributed by atoms with E-state index in [-0.39, 0.29) is 0 Å². The summed E-state index contributed by atoms with van der Waals surface area (Å²) in [5.41, 5.74) is 3.63. The number of hydrogen-bond acceptors (Lipinski definition) is 0. The molecular weight excluding hydrogens is 226 g/mol. The molecule has 0 amide bonds. The number of aryl methyl sites for hydroxylation is 1. The molecular formula is C11H10BrN. The van der Waals surface area contributed by atoms with Crippen molar-refractivity contribution in [3.63, 3.8) is 0 Å². The highest BCUT2D eigenvalue weighted by Crippen LogP contribution is 2.26. The summed E-state index contributed by atoms with van der Waals surface area (Å²) in [6, 6.07) is 10.5. The monoisotopic (exact) mass is 235 g/mol. The third-order valence-electron chi connectivity index (χ3n) is 2.04. The molecule has 13 heavy (non-hydrogen) atoms. The van der Waals surface area contributed by atoms with Crippen LogP contribution in [0.4, 0.5) is 0 Å². The Balaban J connectivity index is 2.47. The highest BCUT2D eigenvalue weighted by Gasteiger charge is 2.02. The summed E-state index contributed by atoms with van der Waals surface area (Å²) in [7, 11) is 0. The standard InChI is InChI=1S/C11H10BrN/c1-8-2-4-9(5-3-8)11-10(12)6-7-13-11/h2-7,13H,1H3. The lowest BCUT2D eigenvalue weighted by molar-refractivity contribution is 1.38. The van der Waals surface area contributed by atoms with Gasteiger partial charge >= 0.3 is 0 Å². The fraction of sp³-hybridized carbons (Fsp3) is 0.0909. The number of H-pyrrole nitrogens is 1. The van der Waals surface area contributed by atoms with Crippen LogP contribution < -0.4 is 0 Å². The summed E-state index contributed by atoms with van der Waals surface area (Å²) in [6.07, 6.45) is 1.93. The lowest BCUT2D eigenvalue weighted by atomic mass is 10.1. The van der Waals surface area contributed by atoms with E-state index in [1.54, 1.807) is 0 Å². The first kappa shape index (κ1) is 8.57. The average molecular weight is 236 g/mol. The second-order valence-electron chi connectivity index (χ2n) is 3.07. The molecule has 0 atom stereocenters. The Morgan fingerprint density at radius 1 is 1.08 bits per heavy atom. The van der Waals surface area contributed by atoms with Crippen molar-refractivity contribution in [1.82, 2.24) is 4.98 Å². The normalized spacial score (nSPS) is 10.3. The fourth-order valence-corrected chi connectivity index (χ4v) is 1.77. The van der Waals surface area contributed by atoms with Gasteiger partial charge in [-0.2, -0.15) is 0 Å². The number of nitrogens with one attached hydrogen (secondary N) is 1. The molecule has 0 aliphatic rings. The van der Waals surface area contributed by atoms with E-state index >= 15 is 0 Å². The summed E-state index contributed by atoms with van der Waals surface area (Å²) < 4.78 is 1.11. The van der Waals surface area contributed by atoms with Crippen molar-refractivity contribution in [3.8, 4) is 11.3 Å². The molecule has 0 fully saturated rings. The molecule has 0 bridgehead atoms. The average Bonchev–Trinajstić information content (AvgIpc) is 2.53. The zero-order chi connectivity index (χ0) is 9.26. The van der Waals surface area contributed by atoms with Crippen LogP contribution in [0.2, 0.25) is 0 Å². The van der Waals surface area contributed by atoms with Gasteiger partial charge in [-0.25, -0.2) is 0 Å². The van der Waals surface area contributed by atoms with E-state index in [4.69, 9.17) is 0 Å². The minimum absolute atomic E-state index is 1.11. The first-order valence-electron chi connectivity index (χ1n) is 4.17. The van der Waals surface area contributed by atoms with Gasteiger partial charge in [-0.05, 0) is 34.5 Å². The number of aromatic nitrogens is 1. The van der Waals surface area contributed by atoms with E-state index in [1.807, 2.05) is 12.3 Å².